The minimum atomic E-state index is -0.228. The molecule has 0 N–H and O–H groups in total. The molecule has 2 aromatic heterocycles. The van der Waals surface area contributed by atoms with Crippen LogP contribution in [-0.2, 0) is 0 Å². The molecule has 3 rings (SSSR count). The van der Waals surface area contributed by atoms with Gasteiger partial charge in [0.1, 0.15) is 0 Å². The summed E-state index contributed by atoms with van der Waals surface area (Å²) in [6, 6.07) is 8.68. The highest BCUT2D eigenvalue weighted by molar-refractivity contribution is 7.13. The van der Waals surface area contributed by atoms with Crippen LogP contribution >= 0.6 is 22.7 Å². The summed E-state index contributed by atoms with van der Waals surface area (Å²) in [6.45, 7) is 13.4. The normalized spacial score (nSPS) is 18.5. The molecule has 0 spiro atoms. The van der Waals surface area contributed by atoms with E-state index in [0.29, 0.717) is 0 Å². The molecule has 140 valence electrons. The molecule has 0 radical (unpaired) electrons. The topological polar surface area (TPSA) is 23.6 Å². The predicted molar refractivity (Wildman–Crippen MR) is 113 cm³/mol. The first-order valence-corrected chi connectivity index (χ1v) is 10.8. The Morgan fingerprint density at radius 2 is 1.54 bits per heavy atom. The van der Waals surface area contributed by atoms with Gasteiger partial charge in [0.2, 0.25) is 0 Å². The Bertz CT molecular complexity index is 741. The summed E-state index contributed by atoms with van der Waals surface area (Å²) in [5.74, 6) is 0. The van der Waals surface area contributed by atoms with Crippen molar-refractivity contribution < 1.29 is 4.79 Å². The number of amides is 2. The molecule has 2 amide bonds. The molecular formula is C21H28N2OS2. The Kier molecular flexibility index (Phi) is 5.06. The maximum absolute atomic E-state index is 13.2. The molecule has 1 aliphatic heterocycles. The van der Waals surface area contributed by atoms with E-state index in [-0.39, 0.29) is 23.2 Å². The van der Waals surface area contributed by atoms with Crippen molar-refractivity contribution in [2.45, 2.75) is 58.7 Å². The molecule has 1 aliphatic rings. The second kappa shape index (κ2) is 6.86. The molecule has 0 aromatic carbocycles. The first-order valence-electron chi connectivity index (χ1n) is 8.99. The monoisotopic (exact) mass is 388 g/mol. The summed E-state index contributed by atoms with van der Waals surface area (Å²) in [5.41, 5.74) is 0.821. The Hall–Kier alpha value is -1.59. The Labute approximate surface area is 164 Å². The quantitative estimate of drug-likeness (QED) is 0.638. The van der Waals surface area contributed by atoms with E-state index in [1.807, 2.05) is 9.80 Å². The van der Waals surface area contributed by atoms with Crippen LogP contribution in [0.4, 0.5) is 4.79 Å². The maximum atomic E-state index is 13.2. The van der Waals surface area contributed by atoms with Gasteiger partial charge < -0.3 is 9.80 Å². The van der Waals surface area contributed by atoms with Crippen LogP contribution in [0.2, 0.25) is 0 Å². The van der Waals surface area contributed by atoms with Gasteiger partial charge in [0.05, 0.1) is 6.04 Å². The number of rotatable bonds is 3. The molecule has 0 bridgehead atoms. The Morgan fingerprint density at radius 3 is 1.92 bits per heavy atom. The number of carbonyl (C=O) groups excluding carboxylic acids is 1. The minimum absolute atomic E-state index is 0.0564. The van der Waals surface area contributed by atoms with Gasteiger partial charge in [-0.3, -0.25) is 0 Å². The molecule has 1 unspecified atom stereocenters. The van der Waals surface area contributed by atoms with E-state index in [4.69, 9.17) is 0 Å². The van der Waals surface area contributed by atoms with E-state index in [2.05, 4.69) is 82.6 Å². The van der Waals surface area contributed by atoms with Gasteiger partial charge in [0.25, 0.3) is 0 Å². The summed E-state index contributed by atoms with van der Waals surface area (Å²) in [6.07, 6.45) is 2.30. The zero-order valence-electron chi connectivity index (χ0n) is 16.4. The molecule has 0 saturated carbocycles. The fraction of sp³-hybridized carbons (Fsp3) is 0.476. The number of hydrogen-bond acceptors (Lipinski definition) is 3. The number of urea groups is 1. The van der Waals surface area contributed by atoms with E-state index in [0.717, 1.165) is 6.54 Å². The average molecular weight is 389 g/mol. The SMILES string of the molecule is CC(C)(C)N1CC(C=C(c2cccs2)c2cccs2)N(C(C)(C)C)C1=O. The molecule has 0 aliphatic carbocycles. The zero-order chi connectivity index (χ0) is 19.1. The average Bonchev–Trinajstić information content (AvgIpc) is 3.24. The van der Waals surface area contributed by atoms with Crippen molar-refractivity contribution in [3.63, 3.8) is 0 Å². The highest BCUT2D eigenvalue weighted by Crippen LogP contribution is 2.36. The van der Waals surface area contributed by atoms with Crippen LogP contribution in [0.25, 0.3) is 5.57 Å². The summed E-state index contributed by atoms with van der Waals surface area (Å²) in [4.78, 5) is 19.7. The summed E-state index contributed by atoms with van der Waals surface area (Å²) < 4.78 is 0. The van der Waals surface area contributed by atoms with Crippen molar-refractivity contribution in [1.82, 2.24) is 9.80 Å². The summed E-state index contributed by atoms with van der Waals surface area (Å²) >= 11 is 3.50. The summed E-state index contributed by atoms with van der Waals surface area (Å²) in [7, 11) is 0. The van der Waals surface area contributed by atoms with Gasteiger partial charge in [-0.25, -0.2) is 4.79 Å². The van der Waals surface area contributed by atoms with Crippen molar-refractivity contribution in [3.8, 4) is 0 Å². The van der Waals surface area contributed by atoms with Crippen LogP contribution in [0.3, 0.4) is 0 Å². The maximum Gasteiger partial charge on any atom is 0.321 e. The van der Waals surface area contributed by atoms with E-state index in [1.54, 1.807) is 22.7 Å². The fourth-order valence-corrected chi connectivity index (χ4v) is 5.03. The standard InChI is InChI=1S/C21H28N2OS2/c1-20(2,3)22-14-15(23(19(22)24)21(4,5)6)13-16(17-9-7-11-25-17)18-10-8-12-26-18/h7-13,15H,14H2,1-6H3. The lowest BCUT2D eigenvalue weighted by molar-refractivity contribution is 0.129. The third-order valence-electron chi connectivity index (χ3n) is 4.60. The zero-order valence-corrected chi connectivity index (χ0v) is 18.1. The predicted octanol–water partition coefficient (Wildman–Crippen LogP) is 5.94. The van der Waals surface area contributed by atoms with Gasteiger partial charge in [0, 0.05) is 33.0 Å². The number of nitrogens with zero attached hydrogens (tertiary/aromatic N) is 2. The van der Waals surface area contributed by atoms with Crippen LogP contribution in [0.15, 0.2) is 41.1 Å². The van der Waals surface area contributed by atoms with Gasteiger partial charge in [-0.15, -0.1) is 22.7 Å². The first-order chi connectivity index (χ1) is 12.1. The lowest BCUT2D eigenvalue weighted by Gasteiger charge is -2.36. The molecule has 3 heterocycles. The number of thiophene rings is 2. The van der Waals surface area contributed by atoms with Crippen LogP contribution in [0.1, 0.15) is 51.3 Å². The van der Waals surface area contributed by atoms with Crippen LogP contribution in [-0.4, -0.2) is 39.5 Å². The van der Waals surface area contributed by atoms with Crippen LogP contribution in [0.5, 0.6) is 0 Å². The smallest absolute Gasteiger partial charge is 0.317 e. The lowest BCUT2D eigenvalue weighted by Crippen LogP contribution is -2.50. The molecular weight excluding hydrogens is 360 g/mol. The molecule has 1 saturated heterocycles. The largest absolute Gasteiger partial charge is 0.321 e. The van der Waals surface area contributed by atoms with Crippen molar-refractivity contribution >= 4 is 34.3 Å². The van der Waals surface area contributed by atoms with Crippen molar-refractivity contribution in [2.75, 3.05) is 6.54 Å². The van der Waals surface area contributed by atoms with E-state index in [9.17, 15) is 4.79 Å². The van der Waals surface area contributed by atoms with E-state index < -0.39 is 0 Å². The van der Waals surface area contributed by atoms with Crippen molar-refractivity contribution in [1.29, 1.82) is 0 Å². The number of hydrogen-bond donors (Lipinski definition) is 0. The molecule has 1 atom stereocenters. The Morgan fingerprint density at radius 1 is 1.00 bits per heavy atom. The Balaban J connectivity index is 2.06. The lowest BCUT2D eigenvalue weighted by atomic mass is 10.0. The summed E-state index contributed by atoms with van der Waals surface area (Å²) in [5, 5.41) is 4.22. The van der Waals surface area contributed by atoms with E-state index in [1.165, 1.54) is 15.3 Å². The third kappa shape index (κ3) is 3.74. The first kappa shape index (κ1) is 19.2. The van der Waals surface area contributed by atoms with Crippen LogP contribution < -0.4 is 0 Å². The van der Waals surface area contributed by atoms with Crippen molar-refractivity contribution in [3.05, 3.63) is 50.9 Å². The highest BCUT2D eigenvalue weighted by atomic mass is 32.1. The molecule has 1 fully saturated rings. The highest BCUT2D eigenvalue weighted by Gasteiger charge is 2.45. The minimum Gasteiger partial charge on any atom is -0.317 e. The molecule has 26 heavy (non-hydrogen) atoms. The van der Waals surface area contributed by atoms with Crippen LogP contribution in [0, 0.1) is 0 Å². The van der Waals surface area contributed by atoms with Gasteiger partial charge in [-0.1, -0.05) is 18.2 Å². The third-order valence-corrected chi connectivity index (χ3v) is 6.41. The van der Waals surface area contributed by atoms with Gasteiger partial charge in [-0.2, -0.15) is 0 Å². The van der Waals surface area contributed by atoms with E-state index >= 15 is 0 Å². The number of carbonyl (C=O) groups is 1. The van der Waals surface area contributed by atoms with Gasteiger partial charge in [0.15, 0.2) is 0 Å². The second-order valence-corrected chi connectivity index (χ2v) is 10.6. The molecule has 2 aromatic rings. The second-order valence-electron chi connectivity index (χ2n) is 8.71. The van der Waals surface area contributed by atoms with Crippen molar-refractivity contribution in [2.24, 2.45) is 0 Å². The molecule has 5 heteroatoms. The van der Waals surface area contributed by atoms with Gasteiger partial charge >= 0.3 is 6.03 Å². The molecule has 3 nitrogen and oxygen atoms in total. The van der Waals surface area contributed by atoms with Gasteiger partial charge in [-0.05, 0) is 64.4 Å². The fourth-order valence-electron chi connectivity index (χ4n) is 3.43.